The Bertz CT molecular complexity index is 406. The van der Waals surface area contributed by atoms with Crippen molar-refractivity contribution >= 4 is 5.69 Å². The molecule has 1 heterocycles. The maximum absolute atomic E-state index is 13.9. The molecule has 1 fully saturated rings. The molecule has 1 aromatic rings. The summed E-state index contributed by atoms with van der Waals surface area (Å²) in [5.41, 5.74) is 0.287. The zero-order valence-electron chi connectivity index (χ0n) is 10.7. The zero-order valence-corrected chi connectivity index (χ0v) is 10.7. The van der Waals surface area contributed by atoms with Crippen molar-refractivity contribution in [2.24, 2.45) is 0 Å². The Labute approximate surface area is 106 Å². The standard InChI is InChI=1S/C13H18F2N2O/c1-9(18)10-7-11(14)13(12(15)8-10)17-5-3-16(2)4-6-17/h7-9,18H,3-6H2,1-2H3. The summed E-state index contributed by atoms with van der Waals surface area (Å²) in [6.07, 6.45) is -0.865. The maximum atomic E-state index is 13.9. The second kappa shape index (κ2) is 5.20. The van der Waals surface area contributed by atoms with E-state index in [-0.39, 0.29) is 11.3 Å². The lowest BCUT2D eigenvalue weighted by atomic mass is 10.1. The van der Waals surface area contributed by atoms with Gasteiger partial charge in [0.05, 0.1) is 6.10 Å². The Kier molecular flexibility index (Phi) is 3.82. The molecular weight excluding hydrogens is 238 g/mol. The summed E-state index contributed by atoms with van der Waals surface area (Å²) in [5.74, 6) is -1.20. The van der Waals surface area contributed by atoms with Gasteiger partial charge >= 0.3 is 0 Å². The number of anilines is 1. The topological polar surface area (TPSA) is 26.7 Å². The predicted molar refractivity (Wildman–Crippen MR) is 66.7 cm³/mol. The molecule has 0 aromatic heterocycles. The molecule has 100 valence electrons. The summed E-state index contributed by atoms with van der Waals surface area (Å²) in [6, 6.07) is 2.42. The lowest BCUT2D eigenvalue weighted by molar-refractivity contribution is 0.198. The number of halogens is 2. The third kappa shape index (κ3) is 2.62. The van der Waals surface area contributed by atoms with Crippen molar-refractivity contribution in [1.82, 2.24) is 4.90 Å². The van der Waals surface area contributed by atoms with E-state index in [1.807, 2.05) is 7.05 Å². The van der Waals surface area contributed by atoms with E-state index in [4.69, 9.17) is 0 Å². The van der Waals surface area contributed by atoms with Gasteiger partial charge in [0.25, 0.3) is 0 Å². The summed E-state index contributed by atoms with van der Waals surface area (Å²) in [6.45, 7) is 4.29. The smallest absolute Gasteiger partial charge is 0.149 e. The molecule has 0 radical (unpaired) electrons. The average molecular weight is 256 g/mol. The lowest BCUT2D eigenvalue weighted by Gasteiger charge is -2.34. The Morgan fingerprint density at radius 3 is 2.06 bits per heavy atom. The van der Waals surface area contributed by atoms with Crippen molar-refractivity contribution in [3.05, 3.63) is 29.3 Å². The highest BCUT2D eigenvalue weighted by molar-refractivity contribution is 5.51. The first-order chi connectivity index (χ1) is 8.49. The van der Waals surface area contributed by atoms with Gasteiger partial charge < -0.3 is 14.9 Å². The van der Waals surface area contributed by atoms with Gasteiger partial charge in [0.15, 0.2) is 0 Å². The summed E-state index contributed by atoms with van der Waals surface area (Å²) in [7, 11) is 1.99. The maximum Gasteiger partial charge on any atom is 0.149 e. The molecular formula is C13H18F2N2O. The van der Waals surface area contributed by atoms with Gasteiger partial charge in [-0.05, 0) is 31.7 Å². The Balaban J connectivity index is 2.28. The molecule has 2 rings (SSSR count). The largest absolute Gasteiger partial charge is 0.389 e. The first-order valence-corrected chi connectivity index (χ1v) is 6.09. The van der Waals surface area contributed by atoms with Crippen molar-refractivity contribution in [2.45, 2.75) is 13.0 Å². The molecule has 1 N–H and O–H groups in total. The van der Waals surface area contributed by atoms with Gasteiger partial charge in [-0.2, -0.15) is 0 Å². The van der Waals surface area contributed by atoms with Crippen LogP contribution in [0.4, 0.5) is 14.5 Å². The summed E-state index contributed by atoms with van der Waals surface area (Å²) < 4.78 is 27.9. The number of aliphatic hydroxyl groups is 1. The summed E-state index contributed by atoms with van der Waals surface area (Å²) in [5, 5.41) is 9.35. The highest BCUT2D eigenvalue weighted by atomic mass is 19.1. The molecule has 0 bridgehead atoms. The predicted octanol–water partition coefficient (Wildman–Crippen LogP) is 1.77. The molecule has 0 amide bonds. The molecule has 1 unspecified atom stereocenters. The van der Waals surface area contributed by atoms with E-state index in [1.165, 1.54) is 19.1 Å². The van der Waals surface area contributed by atoms with Crippen LogP contribution in [0.3, 0.4) is 0 Å². The van der Waals surface area contributed by atoms with E-state index < -0.39 is 17.7 Å². The van der Waals surface area contributed by atoms with Crippen LogP contribution in [0.2, 0.25) is 0 Å². The summed E-state index contributed by atoms with van der Waals surface area (Å²) >= 11 is 0. The van der Waals surface area contributed by atoms with Gasteiger partial charge in [-0.15, -0.1) is 0 Å². The van der Waals surface area contributed by atoms with Gasteiger partial charge in [-0.25, -0.2) is 8.78 Å². The molecule has 0 spiro atoms. The van der Waals surface area contributed by atoms with Crippen LogP contribution < -0.4 is 4.90 Å². The van der Waals surface area contributed by atoms with Crippen molar-refractivity contribution in [3.63, 3.8) is 0 Å². The van der Waals surface area contributed by atoms with E-state index in [0.717, 1.165) is 13.1 Å². The lowest BCUT2D eigenvalue weighted by Crippen LogP contribution is -2.45. The van der Waals surface area contributed by atoms with Crippen LogP contribution in [0.5, 0.6) is 0 Å². The Morgan fingerprint density at radius 2 is 1.61 bits per heavy atom. The van der Waals surface area contributed by atoms with Gasteiger partial charge in [0.2, 0.25) is 0 Å². The van der Waals surface area contributed by atoms with Crippen LogP contribution in [-0.4, -0.2) is 43.2 Å². The van der Waals surface area contributed by atoms with E-state index in [2.05, 4.69) is 4.90 Å². The van der Waals surface area contributed by atoms with Crippen molar-refractivity contribution in [3.8, 4) is 0 Å². The average Bonchev–Trinajstić information content (AvgIpc) is 2.30. The van der Waals surface area contributed by atoms with Crippen LogP contribution in [0.15, 0.2) is 12.1 Å². The molecule has 18 heavy (non-hydrogen) atoms. The molecule has 1 aromatic carbocycles. The fourth-order valence-corrected chi connectivity index (χ4v) is 2.16. The molecule has 1 atom stereocenters. The number of likely N-dealkylation sites (N-methyl/N-ethyl adjacent to an activating group) is 1. The highest BCUT2D eigenvalue weighted by Crippen LogP contribution is 2.28. The van der Waals surface area contributed by atoms with E-state index in [1.54, 1.807) is 4.90 Å². The molecule has 1 aliphatic rings. The third-order valence-electron chi connectivity index (χ3n) is 3.34. The van der Waals surface area contributed by atoms with Gasteiger partial charge in [0.1, 0.15) is 17.3 Å². The van der Waals surface area contributed by atoms with Crippen molar-refractivity contribution < 1.29 is 13.9 Å². The van der Waals surface area contributed by atoms with Crippen LogP contribution >= 0.6 is 0 Å². The van der Waals surface area contributed by atoms with E-state index in [0.29, 0.717) is 13.1 Å². The van der Waals surface area contributed by atoms with E-state index in [9.17, 15) is 13.9 Å². The number of aliphatic hydroxyl groups excluding tert-OH is 1. The minimum Gasteiger partial charge on any atom is -0.389 e. The third-order valence-corrected chi connectivity index (χ3v) is 3.34. The second-order valence-corrected chi connectivity index (χ2v) is 4.80. The SMILES string of the molecule is CC(O)c1cc(F)c(N2CCN(C)CC2)c(F)c1. The second-order valence-electron chi connectivity index (χ2n) is 4.80. The fraction of sp³-hybridized carbons (Fsp3) is 0.538. The van der Waals surface area contributed by atoms with Gasteiger partial charge in [0, 0.05) is 26.2 Å². The number of nitrogens with zero attached hydrogens (tertiary/aromatic N) is 2. The molecule has 1 aliphatic heterocycles. The van der Waals surface area contributed by atoms with Crippen molar-refractivity contribution in [1.29, 1.82) is 0 Å². The molecule has 1 saturated heterocycles. The molecule has 0 aliphatic carbocycles. The van der Waals surface area contributed by atoms with E-state index >= 15 is 0 Å². The highest BCUT2D eigenvalue weighted by Gasteiger charge is 2.22. The van der Waals surface area contributed by atoms with Crippen LogP contribution in [0.1, 0.15) is 18.6 Å². The van der Waals surface area contributed by atoms with Crippen LogP contribution in [0, 0.1) is 11.6 Å². The molecule has 0 saturated carbocycles. The normalized spacial score (nSPS) is 19.1. The van der Waals surface area contributed by atoms with Gasteiger partial charge in [-0.1, -0.05) is 0 Å². The van der Waals surface area contributed by atoms with Crippen LogP contribution in [0.25, 0.3) is 0 Å². The number of benzene rings is 1. The minimum atomic E-state index is -0.865. The quantitative estimate of drug-likeness (QED) is 0.873. The summed E-state index contributed by atoms with van der Waals surface area (Å²) in [4.78, 5) is 3.84. The zero-order chi connectivity index (χ0) is 13.3. The van der Waals surface area contributed by atoms with Gasteiger partial charge in [-0.3, -0.25) is 0 Å². The number of hydrogen-bond acceptors (Lipinski definition) is 3. The first-order valence-electron chi connectivity index (χ1n) is 6.09. The Hall–Kier alpha value is -1.20. The number of piperazine rings is 1. The number of rotatable bonds is 2. The Morgan fingerprint density at radius 1 is 1.11 bits per heavy atom. The molecule has 3 nitrogen and oxygen atoms in total. The monoisotopic (exact) mass is 256 g/mol. The minimum absolute atomic E-state index is 0.0208. The molecule has 5 heteroatoms. The van der Waals surface area contributed by atoms with Crippen LogP contribution in [-0.2, 0) is 0 Å². The number of hydrogen-bond donors (Lipinski definition) is 1. The van der Waals surface area contributed by atoms with Crippen molar-refractivity contribution in [2.75, 3.05) is 38.1 Å². The fourth-order valence-electron chi connectivity index (χ4n) is 2.16. The first kappa shape index (κ1) is 13.2.